The van der Waals surface area contributed by atoms with Gasteiger partial charge in [-0.1, -0.05) is 48.5 Å². The number of ether oxygens (including phenoxy) is 4. The highest BCUT2D eigenvalue weighted by Crippen LogP contribution is 2.14. The van der Waals surface area contributed by atoms with E-state index in [1.54, 1.807) is 65.8 Å². The van der Waals surface area contributed by atoms with Crippen LogP contribution < -0.4 is 21.1 Å². The van der Waals surface area contributed by atoms with Gasteiger partial charge in [0, 0.05) is 0 Å². The molecule has 13 nitrogen and oxygen atoms in total. The summed E-state index contributed by atoms with van der Waals surface area (Å²) >= 11 is 0. The van der Waals surface area contributed by atoms with Crippen molar-refractivity contribution in [2.24, 2.45) is 0 Å². The van der Waals surface area contributed by atoms with Crippen molar-refractivity contribution in [3.05, 3.63) is 83.9 Å². The Hall–Kier alpha value is -4.18. The first-order valence-electron chi connectivity index (χ1n) is 15.6. The lowest BCUT2D eigenvalue weighted by atomic mass is 9.80. The van der Waals surface area contributed by atoms with Crippen LogP contribution in [0.1, 0.15) is 78.2 Å². The van der Waals surface area contributed by atoms with Crippen molar-refractivity contribution < 1.29 is 63.5 Å². The van der Waals surface area contributed by atoms with E-state index >= 15 is 0 Å². The first-order chi connectivity index (χ1) is 22.8. The van der Waals surface area contributed by atoms with E-state index in [-0.39, 0.29) is 18.1 Å². The van der Waals surface area contributed by atoms with Crippen molar-refractivity contribution in [3.63, 3.8) is 0 Å². The zero-order valence-electron chi connectivity index (χ0n) is 29.9. The van der Waals surface area contributed by atoms with Gasteiger partial charge in [-0.3, -0.25) is 4.79 Å². The van der Waals surface area contributed by atoms with E-state index in [1.807, 2.05) is 20.8 Å². The number of hydrogen-bond donors (Lipinski definition) is 6. The Bertz CT molecular complexity index is 1410. The minimum Gasteiger partial charge on any atom is -0.460 e. The van der Waals surface area contributed by atoms with E-state index in [0.29, 0.717) is 22.0 Å². The summed E-state index contributed by atoms with van der Waals surface area (Å²) in [4.78, 5) is 34.4. The molecule has 50 heavy (non-hydrogen) atoms. The maximum Gasteiger partial charge on any atom is 0.514 e. The largest absolute Gasteiger partial charge is 0.514 e. The Kier molecular flexibility index (Phi) is 16.9. The smallest absolute Gasteiger partial charge is 0.460 e. The molecule has 0 saturated heterocycles. The summed E-state index contributed by atoms with van der Waals surface area (Å²) in [5.41, 5.74) is 0.595. The lowest BCUT2D eigenvalue weighted by Crippen LogP contribution is -2.30. The van der Waals surface area contributed by atoms with Crippen LogP contribution in [0.4, 0.5) is 4.79 Å². The quantitative estimate of drug-likeness (QED) is 0.0891. The van der Waals surface area contributed by atoms with Gasteiger partial charge in [0.1, 0.15) is 22.6 Å². The molecule has 270 valence electrons. The standard InChI is InChI=1S/C12H17BO4.C11H15BO5.C11H15BO4/c1-12(2,3)17-11(14)8-9-4-6-10(7-5-9)13(15)16;1-11(2,3)17-10(13)16-9-6-4-8(5-7-9)12(14)15;1-11(2,3)16-10(13)8-4-6-9(7-5-8)12(14)15/h4-7,15-16H,8H2,1-3H3;4-7,14-15H,1-3H3;4-7,14-15H,1-3H3. The highest BCUT2D eigenvalue weighted by atomic mass is 16.7. The van der Waals surface area contributed by atoms with E-state index in [1.165, 1.54) is 48.5 Å². The maximum absolute atomic E-state index is 11.6. The minimum absolute atomic E-state index is 0.180. The molecule has 0 amide bonds. The zero-order chi connectivity index (χ0) is 38.4. The van der Waals surface area contributed by atoms with Crippen LogP contribution in [0.3, 0.4) is 0 Å². The van der Waals surface area contributed by atoms with Crippen LogP contribution in [0.25, 0.3) is 0 Å². The first-order valence-corrected chi connectivity index (χ1v) is 15.6. The number of benzene rings is 3. The average molecular weight is 696 g/mol. The molecule has 16 heteroatoms. The highest BCUT2D eigenvalue weighted by Gasteiger charge is 2.20. The van der Waals surface area contributed by atoms with Gasteiger partial charge in [-0.05, 0) is 109 Å². The third-order valence-corrected chi connectivity index (χ3v) is 5.66. The molecule has 3 rings (SSSR count). The Morgan fingerprint density at radius 2 is 0.880 bits per heavy atom. The maximum atomic E-state index is 11.6. The van der Waals surface area contributed by atoms with Crippen LogP contribution in [0.2, 0.25) is 0 Å². The van der Waals surface area contributed by atoms with Gasteiger partial charge in [0.05, 0.1) is 12.0 Å². The molecule has 0 aromatic heterocycles. The molecular weight excluding hydrogens is 649 g/mol. The predicted molar refractivity (Wildman–Crippen MR) is 190 cm³/mol. The second-order valence-electron chi connectivity index (χ2n) is 13.9. The fraction of sp³-hybridized carbons (Fsp3) is 0.382. The normalized spacial score (nSPS) is 11.0. The van der Waals surface area contributed by atoms with Gasteiger partial charge >= 0.3 is 39.4 Å². The highest BCUT2D eigenvalue weighted by molar-refractivity contribution is 6.59. The molecule has 0 bridgehead atoms. The summed E-state index contributed by atoms with van der Waals surface area (Å²) in [6.45, 7) is 16.0. The van der Waals surface area contributed by atoms with E-state index in [4.69, 9.17) is 49.1 Å². The third kappa shape index (κ3) is 19.1. The second kappa shape index (κ2) is 19.3. The molecule has 0 aliphatic carbocycles. The Labute approximate surface area is 294 Å². The fourth-order valence-electron chi connectivity index (χ4n) is 3.56. The molecule has 0 spiro atoms. The average Bonchev–Trinajstić information content (AvgIpc) is 2.95. The van der Waals surface area contributed by atoms with Crippen molar-refractivity contribution in [1.29, 1.82) is 0 Å². The van der Waals surface area contributed by atoms with Crippen LogP contribution in [-0.2, 0) is 25.4 Å². The van der Waals surface area contributed by atoms with E-state index in [0.717, 1.165) is 5.56 Å². The molecule has 6 N–H and O–H groups in total. The fourth-order valence-corrected chi connectivity index (χ4v) is 3.56. The molecule has 0 unspecified atom stereocenters. The molecule has 0 saturated carbocycles. The van der Waals surface area contributed by atoms with Crippen molar-refractivity contribution in [1.82, 2.24) is 0 Å². The van der Waals surface area contributed by atoms with E-state index < -0.39 is 50.3 Å². The third-order valence-electron chi connectivity index (χ3n) is 5.66. The molecule has 0 atom stereocenters. The molecule has 0 aliphatic heterocycles. The summed E-state index contributed by atoms with van der Waals surface area (Å²) in [7, 11) is -4.54. The Morgan fingerprint density at radius 3 is 1.24 bits per heavy atom. The molecule has 0 fully saturated rings. The summed E-state index contributed by atoms with van der Waals surface area (Å²) in [6.07, 6.45) is -0.617. The molecular formula is C34H47B3O13. The number of carbonyl (C=O) groups excluding carboxylic acids is 3. The monoisotopic (exact) mass is 696 g/mol. The van der Waals surface area contributed by atoms with E-state index in [9.17, 15) is 14.4 Å². The van der Waals surface area contributed by atoms with Gasteiger partial charge in [0.15, 0.2) is 0 Å². The number of hydrogen-bond acceptors (Lipinski definition) is 13. The lowest BCUT2D eigenvalue weighted by molar-refractivity contribution is -0.153. The summed E-state index contributed by atoms with van der Waals surface area (Å²) in [5.74, 6) is -0.440. The molecule has 0 aliphatic rings. The van der Waals surface area contributed by atoms with Crippen LogP contribution in [-0.4, -0.2) is 86.4 Å². The molecule has 0 heterocycles. The van der Waals surface area contributed by atoms with Crippen LogP contribution in [0.5, 0.6) is 5.75 Å². The predicted octanol–water partition coefficient (Wildman–Crippen LogP) is 1.25. The summed E-state index contributed by atoms with van der Waals surface area (Å²) < 4.78 is 20.2. The van der Waals surface area contributed by atoms with Gasteiger partial charge in [-0.25, -0.2) is 9.59 Å². The topological polar surface area (TPSA) is 210 Å². The Morgan fingerprint density at radius 1 is 0.520 bits per heavy atom. The SMILES string of the molecule is CC(C)(C)OC(=O)Cc1ccc(B(O)O)cc1.CC(C)(C)OC(=O)Oc1ccc(B(O)O)cc1.CC(C)(C)OC(=O)c1ccc(B(O)O)cc1. The van der Waals surface area contributed by atoms with Gasteiger partial charge < -0.3 is 49.1 Å². The van der Waals surface area contributed by atoms with Crippen molar-refractivity contribution in [3.8, 4) is 5.75 Å². The number of esters is 2. The van der Waals surface area contributed by atoms with Crippen molar-refractivity contribution >= 4 is 55.8 Å². The van der Waals surface area contributed by atoms with Gasteiger partial charge in [0.2, 0.25) is 0 Å². The first kappa shape index (κ1) is 43.8. The van der Waals surface area contributed by atoms with Gasteiger partial charge in [0.25, 0.3) is 0 Å². The van der Waals surface area contributed by atoms with Crippen LogP contribution >= 0.6 is 0 Å². The second-order valence-corrected chi connectivity index (χ2v) is 13.9. The van der Waals surface area contributed by atoms with Crippen LogP contribution in [0, 0.1) is 0 Å². The minimum atomic E-state index is -1.54. The van der Waals surface area contributed by atoms with Gasteiger partial charge in [-0.15, -0.1) is 0 Å². The van der Waals surface area contributed by atoms with Crippen molar-refractivity contribution in [2.75, 3.05) is 0 Å². The number of carbonyl (C=O) groups is 3. The Balaban J connectivity index is 0.000000375. The van der Waals surface area contributed by atoms with Gasteiger partial charge in [-0.2, -0.15) is 0 Å². The molecule has 3 aromatic rings. The number of rotatable bonds is 7. The van der Waals surface area contributed by atoms with E-state index in [2.05, 4.69) is 0 Å². The summed E-state index contributed by atoms with van der Waals surface area (Å²) in [6, 6.07) is 18.3. The molecule has 3 aromatic carbocycles. The van der Waals surface area contributed by atoms with Crippen molar-refractivity contribution in [2.45, 2.75) is 85.5 Å². The lowest BCUT2D eigenvalue weighted by Gasteiger charge is -2.19. The van der Waals surface area contributed by atoms with Crippen LogP contribution in [0.15, 0.2) is 72.8 Å². The summed E-state index contributed by atoms with van der Waals surface area (Å²) in [5, 5.41) is 53.3. The molecule has 0 radical (unpaired) electrons. The zero-order valence-corrected chi connectivity index (χ0v) is 29.9.